The number of carbonyl (C=O) groups excluding carboxylic acids is 4. The number of hydrogen-bond donors (Lipinski definition) is 0. The molecule has 9 rings (SSSR count). The van der Waals surface area contributed by atoms with Crippen LogP contribution in [0.2, 0.25) is 20.1 Å². The van der Waals surface area contributed by atoms with Gasteiger partial charge in [-0.2, -0.15) is 0 Å². The maximum atomic E-state index is 15.8. The van der Waals surface area contributed by atoms with E-state index in [0.717, 1.165) is 113 Å². The van der Waals surface area contributed by atoms with Crippen molar-refractivity contribution in [2.75, 3.05) is 36.2 Å². The molecule has 0 N–H and O–H groups in total. The van der Waals surface area contributed by atoms with E-state index in [1.54, 1.807) is 12.1 Å². The van der Waals surface area contributed by atoms with E-state index >= 15 is 19.2 Å². The van der Waals surface area contributed by atoms with Crippen LogP contribution in [0.5, 0.6) is 34.5 Å². The van der Waals surface area contributed by atoms with Gasteiger partial charge in [0.15, 0.2) is 23.0 Å². The minimum absolute atomic E-state index is 0. The van der Waals surface area contributed by atoms with E-state index in [0.29, 0.717) is 45.5 Å². The summed E-state index contributed by atoms with van der Waals surface area (Å²) in [6.45, 7) is 10.1. The first-order valence-corrected chi connectivity index (χ1v) is 46.2. The quantitative estimate of drug-likeness (QED) is 0.0119. The molecule has 2 heterocycles. The summed E-state index contributed by atoms with van der Waals surface area (Å²) in [6.07, 6.45) is 60.4. The molecule has 7 aromatic carbocycles. The van der Waals surface area contributed by atoms with Crippen molar-refractivity contribution >= 4 is 124 Å². The van der Waals surface area contributed by atoms with Crippen LogP contribution in [0.4, 0.5) is 11.4 Å². The molecule has 2 aliphatic heterocycles. The van der Waals surface area contributed by atoms with Crippen LogP contribution in [-0.2, 0) is 0 Å². The van der Waals surface area contributed by atoms with Gasteiger partial charge >= 0.3 is 0 Å². The summed E-state index contributed by atoms with van der Waals surface area (Å²) < 4.78 is 39.1. The monoisotopic (exact) mass is 1780 g/mol. The fraction of sp³-hybridized carbons (Fsp3) is 0.444. The Balaban J connectivity index is -0.000000519. The second-order valence-electron chi connectivity index (χ2n) is 31.1. The summed E-state index contributed by atoms with van der Waals surface area (Å²) in [4.78, 5) is 65.4. The number of amides is 4. The van der Waals surface area contributed by atoms with E-state index in [9.17, 15) is 0 Å². The number of benzene rings is 7. The van der Waals surface area contributed by atoms with Crippen molar-refractivity contribution < 1.29 is 81.8 Å². The standard InChI is InChI=1S/C108H110Cl4N2O10.24H2/c1-7-13-19-25-31-37-43-49-55-61-67-119-91-73-81(74-92(120-68-62-56-50-44-38-32-26-20-14-8-2)103(91)123-71-65-59-53-47-41-35-29-23-17-11-5)113-105(115)83-77-87(109)97-99-89(111)79-85-96-86(80-90(112)100(102(96)99)98-88(110)78-84(106(113)116)95(83)101(97)98)108(118)114(107(85)117)82-75-93(121-69-63-57-51-45-39-33-27-21-15-9-3)104(124-72-66-60-54-48-42-36-30-24-18-12-6)94(76-82)122-70-64-58-52-46-40-34-28-22-16-10-4;;;;;;;;;;;;;;;;;;;;;;;;/h1,3,73-80H,8,10-12,14,16-18,20,22-24,26,28-30,32,34-36,38,40-42,44,46-48,50,52-54,56,58-60,62,64-66,68,70-72H2,2,4-6H3;24*1H. The van der Waals surface area contributed by atoms with Crippen molar-refractivity contribution in [1.29, 1.82) is 0 Å². The molecule has 4 amide bonds. The number of rotatable bonds is 52. The highest BCUT2D eigenvalue weighted by molar-refractivity contribution is 6.57. The molecule has 12 nitrogen and oxygen atoms in total. The topological polar surface area (TPSA) is 130 Å². The fourth-order valence-corrected chi connectivity index (χ4v) is 16.9. The highest BCUT2D eigenvalue weighted by atomic mass is 35.5. The average molecular weight is 1790 g/mol. The molecule has 688 valence electrons. The van der Waals surface area contributed by atoms with Crippen LogP contribution >= 0.6 is 46.4 Å². The average Bonchev–Trinajstić information content (AvgIpc) is 0.672. The Bertz CT molecular complexity index is 5330. The minimum atomic E-state index is -0.746. The molecule has 0 radical (unpaired) electrons. The van der Waals surface area contributed by atoms with Crippen molar-refractivity contribution in [3.8, 4) is 178 Å². The minimum Gasteiger partial charge on any atom is -0.489 e. The van der Waals surface area contributed by atoms with Crippen molar-refractivity contribution in [1.82, 2.24) is 0 Å². The first-order chi connectivity index (χ1) is 60.8. The van der Waals surface area contributed by atoms with Crippen LogP contribution in [0.1, 0.15) is 360 Å². The van der Waals surface area contributed by atoms with Gasteiger partial charge < -0.3 is 28.4 Å². The Kier molecular flexibility index (Phi) is 42.4. The van der Waals surface area contributed by atoms with Gasteiger partial charge in [-0.25, -0.2) is 9.80 Å². The van der Waals surface area contributed by atoms with Crippen LogP contribution < -0.4 is 38.2 Å². The summed E-state index contributed by atoms with van der Waals surface area (Å²) in [6, 6.07) is 12.2. The van der Waals surface area contributed by atoms with Crippen molar-refractivity contribution in [3.63, 3.8) is 0 Å². The van der Waals surface area contributed by atoms with Gasteiger partial charge in [0, 0.05) is 181 Å². The smallest absolute Gasteiger partial charge is 0.266 e. The Morgan fingerprint density at radius 2 is 0.468 bits per heavy atom. The van der Waals surface area contributed by atoms with Gasteiger partial charge in [0.25, 0.3) is 23.6 Å². The molecule has 124 heavy (non-hydrogen) atoms. The van der Waals surface area contributed by atoms with Crippen LogP contribution in [0.15, 0.2) is 48.5 Å². The SMILES string of the molecule is C#CC#CC#CC#CC#CC#COc1cc(N2C(=O)c3cc(Cl)c4c5c(Cl)cc6c7c(cc(Cl)c(c8c(Cl)cc(c3c48)C2=O)c75)C(=O)N(c2cc(OC#CC#CC#CC#CC#CC#C)c(OCCCCCCCCCCCC)c(OCCCCCCCCCCCC)c2)C6=O)cc(OCCCCCCCCCCCC)c1OCCCCCCCCCCCC.[HH].[HH].[HH].[HH].[HH].[HH].[HH].[HH].[HH].[HH].[HH].[HH].[HH].[HH].[HH].[HH].[HH].[HH].[HH].[HH].[HH].[HH].[HH].[HH]. The zero-order valence-corrected chi connectivity index (χ0v) is 75.4. The van der Waals surface area contributed by atoms with E-state index < -0.39 is 23.6 Å². The lowest BCUT2D eigenvalue weighted by atomic mass is 9.82. The van der Waals surface area contributed by atoms with Gasteiger partial charge in [-0.1, -0.05) is 305 Å². The lowest BCUT2D eigenvalue weighted by molar-refractivity contribution is 0.0877. The number of ether oxygens (including phenoxy) is 6. The summed E-state index contributed by atoms with van der Waals surface area (Å²) in [7, 11) is 0. The molecule has 2 aliphatic rings. The molecule has 16 heteroatoms. The molecule has 0 saturated carbocycles. The number of anilines is 2. The first kappa shape index (κ1) is 96.6. The molecule has 0 bridgehead atoms. The molecule has 0 saturated heterocycles. The van der Waals surface area contributed by atoms with Crippen LogP contribution in [0.3, 0.4) is 0 Å². The number of carbonyl (C=O) groups is 4. The Labute approximate surface area is 792 Å². The van der Waals surface area contributed by atoms with Gasteiger partial charge in [0.1, 0.15) is 12.2 Å². The van der Waals surface area contributed by atoms with E-state index in [2.05, 4.69) is 158 Å². The molecule has 0 aromatic heterocycles. The third-order valence-corrected chi connectivity index (χ3v) is 23.1. The predicted octanol–water partition coefficient (Wildman–Crippen LogP) is 33.0. The van der Waals surface area contributed by atoms with Gasteiger partial charge in [0.2, 0.25) is 11.5 Å². The lowest BCUT2D eigenvalue weighted by Gasteiger charge is -2.32. The molecule has 0 unspecified atom stereocenters. The van der Waals surface area contributed by atoms with E-state index in [1.165, 1.54) is 190 Å². The maximum Gasteiger partial charge on any atom is 0.266 e. The molecule has 0 fully saturated rings. The second-order valence-corrected chi connectivity index (χ2v) is 32.8. The summed E-state index contributed by atoms with van der Waals surface area (Å²) in [5, 5.41) is 2.38. The number of fused-ring (bicyclic) bond motifs is 2. The van der Waals surface area contributed by atoms with E-state index in [4.69, 9.17) is 87.7 Å². The predicted molar refractivity (Wildman–Crippen MR) is 560 cm³/mol. The second kappa shape index (κ2) is 54.4. The van der Waals surface area contributed by atoms with E-state index in [-0.39, 0.29) is 146 Å². The number of terminal acetylenes is 2. The molecular weight excluding hydrogens is 1630 g/mol. The highest BCUT2D eigenvalue weighted by Crippen LogP contribution is 2.56. The van der Waals surface area contributed by atoms with Crippen LogP contribution in [0.25, 0.3) is 43.1 Å². The van der Waals surface area contributed by atoms with Gasteiger partial charge in [-0.15, -0.1) is 12.8 Å². The molecule has 7 aromatic rings. The largest absolute Gasteiger partial charge is 0.489 e. The van der Waals surface area contributed by atoms with Crippen LogP contribution in [0, 0.1) is 143 Å². The fourth-order valence-electron chi connectivity index (χ4n) is 15.8. The van der Waals surface area contributed by atoms with Crippen molar-refractivity contribution in [2.24, 2.45) is 0 Å². The number of halogens is 4. The highest BCUT2D eigenvalue weighted by Gasteiger charge is 2.42. The maximum absolute atomic E-state index is 15.8. The zero-order chi connectivity index (χ0) is 87.9. The van der Waals surface area contributed by atoms with Gasteiger partial charge in [-0.05, 0) is 109 Å². The lowest BCUT2D eigenvalue weighted by Crippen LogP contribution is -2.40. The normalized spacial score (nSPS) is 11.4. The summed E-state index contributed by atoms with van der Waals surface area (Å²) in [5.74, 6) is 48.7. The van der Waals surface area contributed by atoms with Gasteiger partial charge in [0.05, 0.1) is 60.1 Å². The van der Waals surface area contributed by atoms with Crippen molar-refractivity contribution in [3.05, 3.63) is 90.9 Å². The molecule has 0 aliphatic carbocycles. The number of imide groups is 2. The molecular formula is C108H158Cl4N2O10. The van der Waals surface area contributed by atoms with Crippen LogP contribution in [-0.4, -0.2) is 50.1 Å². The number of hydrogen-bond acceptors (Lipinski definition) is 10. The third kappa shape index (κ3) is 27.9. The first-order valence-electron chi connectivity index (χ1n) is 44.7. The Morgan fingerprint density at radius 1 is 0.258 bits per heavy atom. The van der Waals surface area contributed by atoms with E-state index in [1.807, 2.05) is 0 Å². The Hall–Kier alpha value is -11.2. The number of nitrogens with zero attached hydrogens (tertiary/aromatic N) is 2. The third-order valence-electron chi connectivity index (χ3n) is 21.9. The summed E-state index contributed by atoms with van der Waals surface area (Å²) >= 11 is 30.5. The zero-order valence-electron chi connectivity index (χ0n) is 72.4. The summed E-state index contributed by atoms with van der Waals surface area (Å²) in [5.41, 5.74) is 0.313. The van der Waals surface area contributed by atoms with Gasteiger partial charge in [-0.3, -0.25) is 19.2 Å². The molecule has 0 atom stereocenters. The van der Waals surface area contributed by atoms with Crippen molar-refractivity contribution in [2.45, 2.75) is 285 Å². The molecule has 0 spiro atoms. The Morgan fingerprint density at radius 3 is 0.710 bits per heavy atom. The number of unbranched alkanes of at least 4 members (excludes halogenated alkanes) is 36.